The molecule has 2 aliphatic rings. The number of methoxy groups -OCH3 is 1. The monoisotopic (exact) mass is 449 g/mol. The lowest BCUT2D eigenvalue weighted by Crippen LogP contribution is -2.57. The van der Waals surface area contributed by atoms with Crippen LogP contribution in [-0.2, 0) is 24.5 Å². The molecule has 3 rings (SSSR count). The lowest BCUT2D eigenvalue weighted by Gasteiger charge is -2.52. The van der Waals surface area contributed by atoms with E-state index in [-0.39, 0.29) is 13.3 Å². The minimum Gasteiger partial charge on any atom is -0.466 e. The Morgan fingerprint density at radius 3 is 2.84 bits per heavy atom. The number of fused-ring (bicyclic) bond motifs is 3. The molecule has 1 heterocycles. The number of aliphatic hydroxyl groups excluding tert-OH is 1. The molecule has 0 bridgehead atoms. The van der Waals surface area contributed by atoms with Gasteiger partial charge in [0, 0.05) is 31.1 Å². The SMILES string of the molecule is C=CCO[C@]12CC=C([C@@H](C)O)[C@@]1(CNC(=O)OC(C)(C)C)C[C@@H](OCOC)c1occc12. The third-order valence-corrected chi connectivity index (χ3v) is 6.11. The van der Waals surface area contributed by atoms with Gasteiger partial charge in [-0.15, -0.1) is 6.58 Å². The number of nitrogens with one attached hydrogen (secondary N) is 1. The van der Waals surface area contributed by atoms with Crippen molar-refractivity contribution in [3.63, 3.8) is 0 Å². The van der Waals surface area contributed by atoms with Crippen molar-refractivity contribution in [2.45, 2.75) is 63.9 Å². The molecule has 1 aromatic heterocycles. The first kappa shape index (κ1) is 24.5. The molecule has 1 aromatic rings. The molecular formula is C24H35NO7. The molecule has 2 N–H and O–H groups in total. The molecular weight excluding hydrogens is 414 g/mol. The summed E-state index contributed by atoms with van der Waals surface area (Å²) in [6.07, 6.45) is 4.51. The van der Waals surface area contributed by atoms with Crippen LogP contribution in [0.3, 0.4) is 0 Å². The van der Waals surface area contributed by atoms with E-state index in [4.69, 9.17) is 23.4 Å². The van der Waals surface area contributed by atoms with E-state index < -0.39 is 34.9 Å². The summed E-state index contributed by atoms with van der Waals surface area (Å²) in [6, 6.07) is 1.88. The molecule has 1 amide bonds. The number of rotatable bonds is 9. The first-order chi connectivity index (χ1) is 15.1. The number of furan rings is 1. The number of hydrogen-bond donors (Lipinski definition) is 2. The lowest BCUT2D eigenvalue weighted by atomic mass is 9.59. The van der Waals surface area contributed by atoms with Gasteiger partial charge in [0.1, 0.15) is 29.9 Å². The molecule has 0 saturated carbocycles. The van der Waals surface area contributed by atoms with Gasteiger partial charge in [-0.25, -0.2) is 4.79 Å². The van der Waals surface area contributed by atoms with E-state index in [1.165, 1.54) is 0 Å². The van der Waals surface area contributed by atoms with Crippen molar-refractivity contribution in [3.8, 4) is 0 Å². The van der Waals surface area contributed by atoms with Crippen molar-refractivity contribution in [1.82, 2.24) is 5.32 Å². The Bertz CT molecular complexity index is 853. The summed E-state index contributed by atoms with van der Waals surface area (Å²) in [5.74, 6) is 0.666. The topological polar surface area (TPSA) is 99.4 Å². The zero-order valence-corrected chi connectivity index (χ0v) is 19.6. The van der Waals surface area contributed by atoms with Crippen LogP contribution in [0, 0.1) is 5.41 Å². The molecule has 32 heavy (non-hydrogen) atoms. The minimum absolute atomic E-state index is 0.0780. The third-order valence-electron chi connectivity index (χ3n) is 6.11. The maximum absolute atomic E-state index is 12.6. The lowest BCUT2D eigenvalue weighted by molar-refractivity contribution is -0.163. The Hall–Kier alpha value is -2.13. The highest BCUT2D eigenvalue weighted by molar-refractivity contribution is 5.68. The van der Waals surface area contributed by atoms with Gasteiger partial charge in [0.05, 0.1) is 19.0 Å². The van der Waals surface area contributed by atoms with E-state index in [1.807, 2.05) is 32.9 Å². The smallest absolute Gasteiger partial charge is 0.407 e. The largest absolute Gasteiger partial charge is 0.466 e. The van der Waals surface area contributed by atoms with Crippen LogP contribution >= 0.6 is 0 Å². The highest BCUT2D eigenvalue weighted by atomic mass is 16.7. The van der Waals surface area contributed by atoms with Gasteiger partial charge in [-0.2, -0.15) is 0 Å². The molecule has 4 atom stereocenters. The summed E-state index contributed by atoms with van der Waals surface area (Å²) >= 11 is 0. The minimum atomic E-state index is -0.863. The summed E-state index contributed by atoms with van der Waals surface area (Å²) in [6.45, 7) is 11.5. The van der Waals surface area contributed by atoms with Gasteiger partial charge < -0.3 is 33.8 Å². The van der Waals surface area contributed by atoms with Crippen molar-refractivity contribution >= 4 is 6.09 Å². The van der Waals surface area contributed by atoms with Crippen LogP contribution in [0.15, 0.2) is 41.1 Å². The van der Waals surface area contributed by atoms with Gasteiger partial charge in [0.25, 0.3) is 0 Å². The molecule has 0 spiro atoms. The standard InChI is InChI=1S/C24H35NO7/c1-7-11-31-24-10-8-17(16(2)26)23(24,14-25-21(27)32-22(3,4)5)13-19(30-15-28-6)20-18(24)9-12-29-20/h7-9,12,16,19,26H,1,10-11,13-15H2,2-6H3,(H,25,27)/t16-,19-,23+,24+/m1/s1. The predicted octanol–water partition coefficient (Wildman–Crippen LogP) is 3.96. The summed E-state index contributed by atoms with van der Waals surface area (Å²) in [4.78, 5) is 12.6. The highest BCUT2D eigenvalue weighted by Gasteiger charge is 2.64. The Morgan fingerprint density at radius 1 is 1.47 bits per heavy atom. The number of aliphatic hydroxyl groups is 1. The normalized spacial score (nSPS) is 27.8. The Labute approximate surface area is 189 Å². The summed E-state index contributed by atoms with van der Waals surface area (Å²) in [5, 5.41) is 13.7. The second-order valence-electron chi connectivity index (χ2n) is 9.37. The fraction of sp³-hybridized carbons (Fsp3) is 0.625. The van der Waals surface area contributed by atoms with Crippen LogP contribution in [0.4, 0.5) is 4.79 Å². The van der Waals surface area contributed by atoms with Crippen molar-refractivity contribution in [1.29, 1.82) is 0 Å². The van der Waals surface area contributed by atoms with E-state index in [1.54, 1.807) is 26.4 Å². The van der Waals surface area contributed by atoms with Crippen LogP contribution < -0.4 is 5.32 Å². The van der Waals surface area contributed by atoms with E-state index >= 15 is 0 Å². The Morgan fingerprint density at radius 2 is 2.22 bits per heavy atom. The van der Waals surface area contributed by atoms with Crippen LogP contribution in [-0.4, -0.2) is 50.0 Å². The van der Waals surface area contributed by atoms with E-state index in [9.17, 15) is 9.90 Å². The predicted molar refractivity (Wildman–Crippen MR) is 118 cm³/mol. The fourth-order valence-corrected chi connectivity index (χ4v) is 5.03. The Balaban J connectivity index is 2.07. The van der Waals surface area contributed by atoms with Gasteiger partial charge in [0.2, 0.25) is 0 Å². The average Bonchev–Trinajstić information content (AvgIpc) is 3.31. The molecule has 0 aliphatic heterocycles. The van der Waals surface area contributed by atoms with Gasteiger partial charge in [-0.1, -0.05) is 12.2 Å². The molecule has 0 radical (unpaired) electrons. The number of amides is 1. The van der Waals surface area contributed by atoms with Gasteiger partial charge in [0.15, 0.2) is 0 Å². The number of alkyl carbamates (subject to hydrolysis) is 1. The van der Waals surface area contributed by atoms with E-state index in [2.05, 4.69) is 11.9 Å². The van der Waals surface area contributed by atoms with Crippen LogP contribution in [0.5, 0.6) is 0 Å². The number of hydrogen-bond acceptors (Lipinski definition) is 7. The fourth-order valence-electron chi connectivity index (χ4n) is 5.03. The molecule has 2 aliphatic carbocycles. The van der Waals surface area contributed by atoms with Gasteiger partial charge in [-0.05, 0) is 45.8 Å². The molecule has 178 valence electrons. The Kier molecular flexibility index (Phi) is 7.19. The van der Waals surface area contributed by atoms with Crippen molar-refractivity contribution in [2.75, 3.05) is 27.1 Å². The summed E-state index contributed by atoms with van der Waals surface area (Å²) in [7, 11) is 1.56. The first-order valence-corrected chi connectivity index (χ1v) is 10.9. The quantitative estimate of drug-likeness (QED) is 0.435. The molecule has 0 fully saturated rings. The zero-order chi connectivity index (χ0) is 23.6. The molecule has 0 unspecified atom stereocenters. The third kappa shape index (κ3) is 4.37. The second kappa shape index (κ2) is 9.39. The van der Waals surface area contributed by atoms with Gasteiger partial charge >= 0.3 is 6.09 Å². The number of carbonyl (C=O) groups excluding carboxylic acids is 1. The van der Waals surface area contributed by atoms with Crippen molar-refractivity contribution < 1.29 is 33.3 Å². The highest BCUT2D eigenvalue weighted by Crippen LogP contribution is 2.64. The maximum atomic E-state index is 12.6. The number of ether oxygens (including phenoxy) is 4. The van der Waals surface area contributed by atoms with E-state index in [0.29, 0.717) is 25.2 Å². The van der Waals surface area contributed by atoms with E-state index in [0.717, 1.165) is 11.1 Å². The first-order valence-electron chi connectivity index (χ1n) is 10.9. The van der Waals surface area contributed by atoms with Crippen molar-refractivity contribution in [3.05, 3.63) is 48.0 Å². The summed E-state index contributed by atoms with van der Waals surface area (Å²) < 4.78 is 28.9. The van der Waals surface area contributed by atoms with Gasteiger partial charge in [-0.3, -0.25) is 0 Å². The maximum Gasteiger partial charge on any atom is 0.407 e. The molecule has 0 saturated heterocycles. The van der Waals surface area contributed by atoms with Crippen molar-refractivity contribution in [2.24, 2.45) is 5.41 Å². The van der Waals surface area contributed by atoms with Crippen LogP contribution in [0.1, 0.15) is 58.0 Å². The molecule has 8 heteroatoms. The molecule has 8 nitrogen and oxygen atoms in total. The average molecular weight is 450 g/mol. The summed E-state index contributed by atoms with van der Waals surface area (Å²) in [5.41, 5.74) is -0.667. The zero-order valence-electron chi connectivity index (χ0n) is 19.6. The van der Waals surface area contributed by atoms with Crippen LogP contribution in [0.2, 0.25) is 0 Å². The molecule has 0 aromatic carbocycles. The van der Waals surface area contributed by atoms with Crippen LogP contribution in [0.25, 0.3) is 0 Å². The number of carbonyl (C=O) groups is 1. The second-order valence-corrected chi connectivity index (χ2v) is 9.37.